The summed E-state index contributed by atoms with van der Waals surface area (Å²) in [5.74, 6) is 0.718. The number of rotatable bonds is 4. The summed E-state index contributed by atoms with van der Waals surface area (Å²) >= 11 is 0. The number of carbonyl (C=O) groups is 1. The van der Waals surface area contributed by atoms with Crippen LogP contribution in [0.3, 0.4) is 0 Å². The Morgan fingerprint density at radius 2 is 1.91 bits per heavy atom. The maximum Gasteiger partial charge on any atom is 0.258 e. The molecule has 2 aromatic heterocycles. The zero-order valence-electron chi connectivity index (χ0n) is 12.9. The summed E-state index contributed by atoms with van der Waals surface area (Å²) in [5.41, 5.74) is 1.99. The molecule has 0 saturated carbocycles. The van der Waals surface area contributed by atoms with Crippen molar-refractivity contribution in [1.82, 2.24) is 20.4 Å². The SMILES string of the molecule is CC(C)NC(=O)c1ccc(-c2nc(-c3ccccn3)no2)cc1. The van der Waals surface area contributed by atoms with Crippen molar-refractivity contribution >= 4 is 5.91 Å². The van der Waals surface area contributed by atoms with E-state index in [-0.39, 0.29) is 11.9 Å². The van der Waals surface area contributed by atoms with Crippen molar-refractivity contribution in [3.8, 4) is 23.0 Å². The summed E-state index contributed by atoms with van der Waals surface area (Å²) in [7, 11) is 0. The van der Waals surface area contributed by atoms with Gasteiger partial charge in [0.25, 0.3) is 11.8 Å². The molecular weight excluding hydrogens is 292 g/mol. The van der Waals surface area contributed by atoms with Gasteiger partial charge in [0.1, 0.15) is 5.69 Å². The molecule has 0 aliphatic carbocycles. The van der Waals surface area contributed by atoms with Crippen molar-refractivity contribution in [2.45, 2.75) is 19.9 Å². The van der Waals surface area contributed by atoms with Crippen LogP contribution in [-0.2, 0) is 0 Å². The molecule has 0 fully saturated rings. The van der Waals surface area contributed by atoms with E-state index >= 15 is 0 Å². The average molecular weight is 308 g/mol. The van der Waals surface area contributed by atoms with Gasteiger partial charge in [-0.3, -0.25) is 9.78 Å². The topological polar surface area (TPSA) is 80.9 Å². The third-order valence-corrected chi connectivity index (χ3v) is 3.13. The lowest BCUT2D eigenvalue weighted by Crippen LogP contribution is -2.29. The van der Waals surface area contributed by atoms with Gasteiger partial charge in [-0.05, 0) is 50.2 Å². The highest BCUT2D eigenvalue weighted by Crippen LogP contribution is 2.21. The van der Waals surface area contributed by atoms with Gasteiger partial charge in [0.15, 0.2) is 0 Å². The van der Waals surface area contributed by atoms with E-state index in [1.165, 1.54) is 0 Å². The van der Waals surface area contributed by atoms with Crippen LogP contribution in [0.4, 0.5) is 0 Å². The van der Waals surface area contributed by atoms with Gasteiger partial charge in [0, 0.05) is 23.4 Å². The fourth-order valence-electron chi connectivity index (χ4n) is 2.05. The Hall–Kier alpha value is -3.02. The molecule has 6 nitrogen and oxygen atoms in total. The largest absolute Gasteiger partial charge is 0.350 e. The highest BCUT2D eigenvalue weighted by Gasteiger charge is 2.12. The zero-order valence-corrected chi connectivity index (χ0v) is 12.9. The van der Waals surface area contributed by atoms with E-state index in [1.54, 1.807) is 30.5 Å². The first kappa shape index (κ1) is 14.9. The molecule has 3 rings (SSSR count). The lowest BCUT2D eigenvalue weighted by molar-refractivity contribution is 0.0943. The Kier molecular flexibility index (Phi) is 4.14. The first-order valence-electron chi connectivity index (χ1n) is 7.30. The molecular formula is C17H16N4O2. The van der Waals surface area contributed by atoms with Crippen molar-refractivity contribution in [2.75, 3.05) is 0 Å². The minimum atomic E-state index is -0.105. The monoisotopic (exact) mass is 308 g/mol. The quantitative estimate of drug-likeness (QED) is 0.801. The number of hydrogen-bond donors (Lipinski definition) is 1. The third kappa shape index (κ3) is 3.42. The molecule has 1 aromatic carbocycles. The van der Waals surface area contributed by atoms with Crippen LogP contribution in [0.15, 0.2) is 53.2 Å². The number of nitrogens with one attached hydrogen (secondary N) is 1. The molecule has 23 heavy (non-hydrogen) atoms. The molecule has 0 saturated heterocycles. The molecule has 116 valence electrons. The van der Waals surface area contributed by atoms with Crippen molar-refractivity contribution in [2.24, 2.45) is 0 Å². The molecule has 0 spiro atoms. The molecule has 6 heteroatoms. The number of carbonyl (C=O) groups excluding carboxylic acids is 1. The summed E-state index contributed by atoms with van der Waals surface area (Å²) in [6, 6.07) is 12.6. The smallest absolute Gasteiger partial charge is 0.258 e. The zero-order chi connectivity index (χ0) is 16.2. The molecule has 2 heterocycles. The third-order valence-electron chi connectivity index (χ3n) is 3.13. The average Bonchev–Trinajstić information content (AvgIpc) is 3.05. The van der Waals surface area contributed by atoms with E-state index in [4.69, 9.17) is 4.52 Å². The Balaban J connectivity index is 1.80. The number of hydrogen-bond acceptors (Lipinski definition) is 5. The van der Waals surface area contributed by atoms with Gasteiger partial charge in [-0.15, -0.1) is 0 Å². The van der Waals surface area contributed by atoms with Gasteiger partial charge in [-0.1, -0.05) is 11.2 Å². The minimum absolute atomic E-state index is 0.0963. The van der Waals surface area contributed by atoms with Crippen LogP contribution in [0.5, 0.6) is 0 Å². The summed E-state index contributed by atoms with van der Waals surface area (Å²) in [5, 5.41) is 6.78. The lowest BCUT2D eigenvalue weighted by Gasteiger charge is -2.08. The number of amides is 1. The molecule has 0 aliphatic heterocycles. The maximum absolute atomic E-state index is 11.9. The molecule has 0 bridgehead atoms. The number of nitrogens with zero attached hydrogens (tertiary/aromatic N) is 3. The van der Waals surface area contributed by atoms with E-state index in [9.17, 15) is 4.79 Å². The highest BCUT2D eigenvalue weighted by atomic mass is 16.5. The highest BCUT2D eigenvalue weighted by molar-refractivity contribution is 5.94. The predicted molar refractivity (Wildman–Crippen MR) is 85.6 cm³/mol. The molecule has 0 aliphatic rings. The van der Waals surface area contributed by atoms with E-state index in [0.717, 1.165) is 5.56 Å². The van der Waals surface area contributed by atoms with E-state index in [0.29, 0.717) is 23.0 Å². The Morgan fingerprint density at radius 1 is 1.13 bits per heavy atom. The normalized spacial score (nSPS) is 10.7. The lowest BCUT2D eigenvalue weighted by atomic mass is 10.1. The summed E-state index contributed by atoms with van der Waals surface area (Å²) in [6.45, 7) is 3.84. The van der Waals surface area contributed by atoms with Crippen LogP contribution in [0.2, 0.25) is 0 Å². The summed E-state index contributed by atoms with van der Waals surface area (Å²) < 4.78 is 5.27. The summed E-state index contributed by atoms with van der Waals surface area (Å²) in [4.78, 5) is 20.4. The molecule has 3 aromatic rings. The first-order valence-corrected chi connectivity index (χ1v) is 7.30. The van der Waals surface area contributed by atoms with Gasteiger partial charge in [0.05, 0.1) is 0 Å². The van der Waals surface area contributed by atoms with Gasteiger partial charge in [-0.25, -0.2) is 0 Å². The van der Waals surface area contributed by atoms with Gasteiger partial charge < -0.3 is 9.84 Å². The second-order valence-electron chi connectivity index (χ2n) is 5.34. The molecule has 0 radical (unpaired) electrons. The van der Waals surface area contributed by atoms with Crippen LogP contribution in [-0.4, -0.2) is 27.1 Å². The van der Waals surface area contributed by atoms with Crippen LogP contribution >= 0.6 is 0 Å². The van der Waals surface area contributed by atoms with E-state index < -0.39 is 0 Å². The molecule has 1 N–H and O–H groups in total. The Labute approximate surface area is 133 Å². The first-order chi connectivity index (χ1) is 11.1. The second-order valence-corrected chi connectivity index (χ2v) is 5.34. The van der Waals surface area contributed by atoms with Crippen molar-refractivity contribution in [3.05, 3.63) is 54.2 Å². The van der Waals surface area contributed by atoms with Crippen molar-refractivity contribution < 1.29 is 9.32 Å². The fourth-order valence-corrected chi connectivity index (χ4v) is 2.05. The number of aromatic nitrogens is 3. The van der Waals surface area contributed by atoms with Crippen LogP contribution in [0.1, 0.15) is 24.2 Å². The predicted octanol–water partition coefficient (Wildman–Crippen LogP) is 2.94. The number of benzene rings is 1. The molecule has 1 amide bonds. The van der Waals surface area contributed by atoms with Crippen LogP contribution in [0, 0.1) is 0 Å². The second kappa shape index (κ2) is 6.39. The fraction of sp³-hybridized carbons (Fsp3) is 0.176. The Morgan fingerprint density at radius 3 is 2.57 bits per heavy atom. The van der Waals surface area contributed by atoms with Gasteiger partial charge in [-0.2, -0.15) is 4.98 Å². The van der Waals surface area contributed by atoms with Crippen molar-refractivity contribution in [1.29, 1.82) is 0 Å². The minimum Gasteiger partial charge on any atom is -0.350 e. The maximum atomic E-state index is 11.9. The summed E-state index contributed by atoms with van der Waals surface area (Å²) in [6.07, 6.45) is 1.67. The van der Waals surface area contributed by atoms with Gasteiger partial charge >= 0.3 is 0 Å². The van der Waals surface area contributed by atoms with Gasteiger partial charge in [0.2, 0.25) is 5.82 Å². The van der Waals surface area contributed by atoms with E-state index in [1.807, 2.05) is 32.0 Å². The molecule has 0 unspecified atom stereocenters. The molecule has 0 atom stereocenters. The number of pyridine rings is 1. The van der Waals surface area contributed by atoms with Crippen LogP contribution in [0.25, 0.3) is 23.0 Å². The Bertz CT molecular complexity index is 795. The van der Waals surface area contributed by atoms with Crippen molar-refractivity contribution in [3.63, 3.8) is 0 Å². The standard InChI is InChI=1S/C17H16N4O2/c1-11(2)19-16(22)12-6-8-13(9-7-12)17-20-15(21-23-17)14-5-3-4-10-18-14/h3-11H,1-2H3,(H,19,22). The van der Waals surface area contributed by atoms with Crippen LogP contribution < -0.4 is 5.32 Å². The van der Waals surface area contributed by atoms with E-state index in [2.05, 4.69) is 20.4 Å².